The average molecular weight is 230 g/mol. The lowest BCUT2D eigenvalue weighted by atomic mass is 10.1. The fraction of sp³-hybridized carbons (Fsp3) is 0.800. The molecule has 0 saturated carbocycles. The molecule has 0 aliphatic heterocycles. The molecule has 4 N–H and O–H groups in total. The number of aliphatic hydroxyl groups is 3. The summed E-state index contributed by atoms with van der Waals surface area (Å²) in [5.41, 5.74) is 0. The summed E-state index contributed by atoms with van der Waals surface area (Å²) in [7, 11) is -4.73. The van der Waals surface area contributed by atoms with Gasteiger partial charge in [-0.05, 0) is 0 Å². The Bertz CT molecular complexity index is 271. The molecule has 0 fully saturated rings. The zero-order chi connectivity index (χ0) is 11.4. The summed E-state index contributed by atoms with van der Waals surface area (Å²) in [5.74, 6) is 0. The van der Waals surface area contributed by atoms with Crippen LogP contribution in [0.15, 0.2) is 0 Å². The van der Waals surface area contributed by atoms with Crippen molar-refractivity contribution in [3.05, 3.63) is 0 Å². The van der Waals surface area contributed by atoms with Crippen molar-refractivity contribution in [2.24, 2.45) is 0 Å². The van der Waals surface area contributed by atoms with Crippen LogP contribution in [0.3, 0.4) is 0 Å². The molecule has 0 aliphatic rings. The summed E-state index contributed by atoms with van der Waals surface area (Å²) >= 11 is 0. The number of rotatable bonds is 6. The molecule has 0 saturated heterocycles. The van der Waals surface area contributed by atoms with Crippen LogP contribution in [0, 0.1) is 0 Å². The van der Waals surface area contributed by atoms with Gasteiger partial charge in [0.2, 0.25) is 0 Å². The molecule has 0 aliphatic carbocycles. The second-order valence-electron chi connectivity index (χ2n) is 2.40. The maximum atomic E-state index is 10.0. The fourth-order valence-electron chi connectivity index (χ4n) is 0.562. The zero-order valence-corrected chi connectivity index (χ0v) is 7.66. The molecule has 0 amide bonds. The van der Waals surface area contributed by atoms with Gasteiger partial charge in [-0.2, -0.15) is 8.42 Å². The molecule has 0 radical (unpaired) electrons. The first-order valence-corrected chi connectivity index (χ1v) is 4.75. The highest BCUT2D eigenvalue weighted by atomic mass is 32.3. The van der Waals surface area contributed by atoms with Gasteiger partial charge in [0.15, 0.2) is 6.29 Å². The van der Waals surface area contributed by atoms with Gasteiger partial charge in [-0.15, -0.1) is 0 Å². The number of hydrogen-bond acceptors (Lipinski definition) is 7. The van der Waals surface area contributed by atoms with Crippen molar-refractivity contribution in [1.29, 1.82) is 0 Å². The van der Waals surface area contributed by atoms with Gasteiger partial charge in [0.05, 0.1) is 6.61 Å². The molecular formula is C5H10O8S. The molecule has 9 heteroatoms. The van der Waals surface area contributed by atoms with Gasteiger partial charge >= 0.3 is 10.4 Å². The predicted octanol–water partition coefficient (Wildman–Crippen LogP) is -2.91. The SMILES string of the molecule is O=C[C@H](O)[C@H](O)[C@H](O)COS(=O)(=O)O. The predicted molar refractivity (Wildman–Crippen MR) is 41.6 cm³/mol. The smallest absolute Gasteiger partial charge is 0.388 e. The highest BCUT2D eigenvalue weighted by Crippen LogP contribution is 2.00. The molecule has 0 aromatic rings. The van der Waals surface area contributed by atoms with Crippen LogP contribution in [0.2, 0.25) is 0 Å². The van der Waals surface area contributed by atoms with E-state index in [0.29, 0.717) is 0 Å². The molecule has 14 heavy (non-hydrogen) atoms. The van der Waals surface area contributed by atoms with Gasteiger partial charge < -0.3 is 20.1 Å². The van der Waals surface area contributed by atoms with E-state index in [0.717, 1.165) is 0 Å². The van der Waals surface area contributed by atoms with E-state index in [2.05, 4.69) is 4.18 Å². The van der Waals surface area contributed by atoms with Crippen molar-refractivity contribution in [3.8, 4) is 0 Å². The largest absolute Gasteiger partial charge is 0.397 e. The number of aliphatic hydroxyl groups excluding tert-OH is 3. The summed E-state index contributed by atoms with van der Waals surface area (Å²) < 4.78 is 31.8. The van der Waals surface area contributed by atoms with Crippen molar-refractivity contribution in [2.75, 3.05) is 6.61 Å². The molecule has 0 aromatic carbocycles. The topological polar surface area (TPSA) is 141 Å². The van der Waals surface area contributed by atoms with Crippen LogP contribution in [-0.4, -0.2) is 59.5 Å². The number of carbonyl (C=O) groups is 1. The molecule has 3 atom stereocenters. The minimum absolute atomic E-state index is 0.0403. The lowest BCUT2D eigenvalue weighted by Gasteiger charge is -2.18. The van der Waals surface area contributed by atoms with Gasteiger partial charge in [-0.1, -0.05) is 0 Å². The highest BCUT2D eigenvalue weighted by molar-refractivity contribution is 7.80. The Morgan fingerprint density at radius 1 is 1.29 bits per heavy atom. The second-order valence-corrected chi connectivity index (χ2v) is 3.49. The second kappa shape index (κ2) is 5.34. The van der Waals surface area contributed by atoms with Gasteiger partial charge in [0.1, 0.15) is 18.3 Å². The Morgan fingerprint density at radius 3 is 2.14 bits per heavy atom. The van der Waals surface area contributed by atoms with E-state index in [1.165, 1.54) is 0 Å². The van der Waals surface area contributed by atoms with Crippen LogP contribution < -0.4 is 0 Å². The van der Waals surface area contributed by atoms with Crippen LogP contribution in [-0.2, 0) is 19.4 Å². The first-order chi connectivity index (χ1) is 6.28. The van der Waals surface area contributed by atoms with E-state index < -0.39 is 35.3 Å². The summed E-state index contributed by atoms with van der Waals surface area (Å²) in [6, 6.07) is 0. The van der Waals surface area contributed by atoms with Crippen LogP contribution >= 0.6 is 0 Å². The quantitative estimate of drug-likeness (QED) is 0.281. The first kappa shape index (κ1) is 13.4. The normalized spacial score (nSPS) is 18.6. The molecule has 8 nitrogen and oxygen atoms in total. The standard InChI is InChI=1S/C5H10O8S/c6-1-3(7)5(9)4(8)2-13-14(10,11)12/h1,3-5,7-9H,2H2,(H,10,11,12)/t3-,4+,5-/m0/s1. The van der Waals surface area contributed by atoms with Crippen LogP contribution in [0.4, 0.5) is 0 Å². The summed E-state index contributed by atoms with van der Waals surface area (Å²) in [6.07, 6.45) is -5.58. The summed E-state index contributed by atoms with van der Waals surface area (Å²) in [4.78, 5) is 9.92. The van der Waals surface area contributed by atoms with Crippen LogP contribution in [0.5, 0.6) is 0 Å². The van der Waals surface area contributed by atoms with Crippen LogP contribution in [0.25, 0.3) is 0 Å². The fourth-order valence-corrected chi connectivity index (χ4v) is 0.874. The van der Waals surface area contributed by atoms with E-state index in [4.69, 9.17) is 19.9 Å². The van der Waals surface area contributed by atoms with Gasteiger partial charge in [0, 0.05) is 0 Å². The van der Waals surface area contributed by atoms with E-state index in [1.807, 2.05) is 0 Å². The van der Waals surface area contributed by atoms with Gasteiger partial charge in [0.25, 0.3) is 0 Å². The third kappa shape index (κ3) is 5.21. The lowest BCUT2D eigenvalue weighted by molar-refractivity contribution is -0.127. The minimum Gasteiger partial charge on any atom is -0.388 e. The zero-order valence-electron chi connectivity index (χ0n) is 6.85. The molecule has 0 spiro atoms. The van der Waals surface area contributed by atoms with E-state index in [-0.39, 0.29) is 6.29 Å². The Hall–Kier alpha value is -0.580. The van der Waals surface area contributed by atoms with E-state index >= 15 is 0 Å². The third-order valence-corrected chi connectivity index (χ3v) is 1.71. The Kier molecular flexibility index (Phi) is 5.12. The van der Waals surface area contributed by atoms with Crippen LogP contribution in [0.1, 0.15) is 0 Å². The maximum Gasteiger partial charge on any atom is 0.397 e. The van der Waals surface area contributed by atoms with Crippen molar-refractivity contribution in [3.63, 3.8) is 0 Å². The monoisotopic (exact) mass is 230 g/mol. The van der Waals surface area contributed by atoms with Crippen molar-refractivity contribution < 1.29 is 37.3 Å². The Morgan fingerprint density at radius 2 is 1.79 bits per heavy atom. The number of hydrogen-bond donors (Lipinski definition) is 4. The van der Waals surface area contributed by atoms with Crippen molar-refractivity contribution in [2.45, 2.75) is 18.3 Å². The third-order valence-electron chi connectivity index (χ3n) is 1.27. The van der Waals surface area contributed by atoms with Gasteiger partial charge in [-0.25, -0.2) is 4.18 Å². The Balaban J connectivity index is 4.08. The molecular weight excluding hydrogens is 220 g/mol. The molecule has 0 heterocycles. The molecule has 0 rings (SSSR count). The van der Waals surface area contributed by atoms with Gasteiger partial charge in [-0.3, -0.25) is 4.55 Å². The molecule has 0 aromatic heterocycles. The first-order valence-electron chi connectivity index (χ1n) is 3.39. The number of aldehydes is 1. The Labute approximate surface area is 79.7 Å². The highest BCUT2D eigenvalue weighted by Gasteiger charge is 2.25. The maximum absolute atomic E-state index is 10.0. The summed E-state index contributed by atoms with van der Waals surface area (Å²) in [5, 5.41) is 26.5. The molecule has 0 bridgehead atoms. The lowest BCUT2D eigenvalue weighted by Crippen LogP contribution is -2.41. The average Bonchev–Trinajstić information content (AvgIpc) is 2.10. The summed E-state index contributed by atoms with van der Waals surface area (Å²) in [6.45, 7) is -0.967. The number of carbonyl (C=O) groups excluding carboxylic acids is 1. The van der Waals surface area contributed by atoms with Crippen molar-refractivity contribution >= 4 is 16.7 Å². The van der Waals surface area contributed by atoms with Crippen molar-refractivity contribution in [1.82, 2.24) is 0 Å². The van der Waals surface area contributed by atoms with E-state index in [9.17, 15) is 13.2 Å². The van der Waals surface area contributed by atoms with E-state index in [1.54, 1.807) is 0 Å². The molecule has 0 unspecified atom stereocenters. The minimum atomic E-state index is -4.73. The molecule has 84 valence electrons.